The molecule has 8 heteroatoms. The van der Waals surface area contributed by atoms with Gasteiger partial charge in [0.25, 0.3) is 5.91 Å². The number of nitrogens with zero attached hydrogens (tertiary/aromatic N) is 2. The Hall–Kier alpha value is -2.22. The summed E-state index contributed by atoms with van der Waals surface area (Å²) in [5.41, 5.74) is 1.06. The summed E-state index contributed by atoms with van der Waals surface area (Å²) in [6, 6.07) is 0. The quantitative estimate of drug-likeness (QED) is 0.795. The maximum absolute atomic E-state index is 11.8. The lowest BCUT2D eigenvalue weighted by Gasteiger charge is -2.00. The fraction of sp³-hybridized carbons (Fsp3) is 0.273. The van der Waals surface area contributed by atoms with Crippen LogP contribution >= 0.6 is 11.3 Å². The van der Waals surface area contributed by atoms with Gasteiger partial charge in [0.2, 0.25) is 5.01 Å². The second-order valence-corrected chi connectivity index (χ2v) is 4.41. The van der Waals surface area contributed by atoms with Crippen LogP contribution in [0.3, 0.4) is 0 Å². The van der Waals surface area contributed by atoms with E-state index in [2.05, 4.69) is 20.5 Å². The molecule has 2 N–H and O–H groups in total. The van der Waals surface area contributed by atoms with Crippen LogP contribution in [0, 0.1) is 0 Å². The van der Waals surface area contributed by atoms with Crippen LogP contribution in [0.4, 0.5) is 0 Å². The molecule has 0 spiro atoms. The highest BCUT2D eigenvalue weighted by Crippen LogP contribution is 2.11. The number of rotatable bonds is 5. The lowest BCUT2D eigenvalue weighted by molar-refractivity contribution is 0.0526. The van der Waals surface area contributed by atoms with E-state index in [0.717, 1.165) is 16.9 Å². The van der Waals surface area contributed by atoms with Crippen molar-refractivity contribution in [3.63, 3.8) is 0 Å². The van der Waals surface area contributed by atoms with Crippen molar-refractivity contribution in [1.29, 1.82) is 0 Å². The van der Waals surface area contributed by atoms with Crippen molar-refractivity contribution in [2.75, 3.05) is 6.61 Å². The molecular formula is C11H12N4O3S. The topological polar surface area (TPSA) is 97.0 Å². The minimum absolute atomic E-state index is 0.176. The van der Waals surface area contributed by atoms with E-state index >= 15 is 0 Å². The summed E-state index contributed by atoms with van der Waals surface area (Å²) in [6.45, 7) is 2.34. The second-order valence-electron chi connectivity index (χ2n) is 3.55. The number of carbonyl (C=O) groups is 2. The van der Waals surface area contributed by atoms with Gasteiger partial charge in [-0.15, -0.1) is 11.3 Å². The Kier molecular flexibility index (Phi) is 4.24. The van der Waals surface area contributed by atoms with Crippen LogP contribution in [0.25, 0.3) is 0 Å². The predicted molar refractivity (Wildman–Crippen MR) is 67.8 cm³/mol. The molecule has 0 radical (unpaired) electrons. The molecule has 0 atom stereocenters. The summed E-state index contributed by atoms with van der Waals surface area (Å²) < 4.78 is 4.80. The van der Waals surface area contributed by atoms with Crippen molar-refractivity contribution in [2.45, 2.75) is 13.5 Å². The summed E-state index contributed by atoms with van der Waals surface area (Å²) in [4.78, 5) is 27.1. The van der Waals surface area contributed by atoms with Gasteiger partial charge < -0.3 is 10.1 Å². The summed E-state index contributed by atoms with van der Waals surface area (Å²) >= 11 is 1.08. The Morgan fingerprint density at radius 3 is 3.05 bits per heavy atom. The molecule has 0 fully saturated rings. The SMILES string of the molecule is CCOC(=O)c1nc(C(=O)NCc2cn[nH]c2)cs1. The molecule has 0 bridgehead atoms. The molecule has 0 aromatic carbocycles. The molecule has 0 saturated carbocycles. The largest absolute Gasteiger partial charge is 0.461 e. The molecule has 2 aromatic rings. The normalized spacial score (nSPS) is 10.2. The molecule has 100 valence electrons. The van der Waals surface area contributed by atoms with E-state index in [1.807, 2.05) is 0 Å². The maximum atomic E-state index is 11.8. The molecule has 0 unspecified atom stereocenters. The maximum Gasteiger partial charge on any atom is 0.367 e. The van der Waals surface area contributed by atoms with Crippen LogP contribution in [0.1, 0.15) is 32.8 Å². The second kappa shape index (κ2) is 6.10. The van der Waals surface area contributed by atoms with E-state index in [9.17, 15) is 9.59 Å². The Morgan fingerprint density at radius 1 is 1.53 bits per heavy atom. The third kappa shape index (κ3) is 3.38. The number of thiazole rings is 1. The fourth-order valence-corrected chi connectivity index (χ4v) is 2.00. The molecular weight excluding hydrogens is 268 g/mol. The Balaban J connectivity index is 1.94. The number of hydrogen-bond donors (Lipinski definition) is 2. The first kappa shape index (κ1) is 13.2. The van der Waals surface area contributed by atoms with E-state index in [1.165, 1.54) is 5.38 Å². The third-order valence-electron chi connectivity index (χ3n) is 2.19. The molecule has 1 amide bonds. The first-order valence-corrected chi connectivity index (χ1v) is 6.47. The number of amides is 1. The number of H-pyrrole nitrogens is 1. The number of carbonyl (C=O) groups excluding carboxylic acids is 2. The predicted octanol–water partition coefficient (Wildman–Crippen LogP) is 0.973. The third-order valence-corrected chi connectivity index (χ3v) is 3.02. The number of aromatic nitrogens is 3. The smallest absolute Gasteiger partial charge is 0.367 e. The van der Waals surface area contributed by atoms with Crippen molar-refractivity contribution in [3.05, 3.63) is 34.0 Å². The Labute approximate surface area is 113 Å². The highest BCUT2D eigenvalue weighted by molar-refractivity contribution is 7.11. The van der Waals surface area contributed by atoms with Crippen molar-refractivity contribution in [1.82, 2.24) is 20.5 Å². The Bertz CT molecular complexity index is 564. The van der Waals surface area contributed by atoms with E-state index in [4.69, 9.17) is 4.74 Å². The zero-order chi connectivity index (χ0) is 13.7. The average Bonchev–Trinajstić information content (AvgIpc) is 3.07. The molecule has 0 aliphatic carbocycles. The van der Waals surface area contributed by atoms with Crippen LogP contribution in [-0.4, -0.2) is 33.7 Å². The molecule has 0 aliphatic rings. The lowest BCUT2D eigenvalue weighted by atomic mass is 10.3. The van der Waals surface area contributed by atoms with Crippen LogP contribution in [0.15, 0.2) is 17.8 Å². The number of esters is 1. The summed E-state index contributed by atoms with van der Waals surface area (Å²) in [7, 11) is 0. The van der Waals surface area contributed by atoms with Gasteiger partial charge in [0.15, 0.2) is 0 Å². The number of ether oxygens (including phenoxy) is 1. The summed E-state index contributed by atoms with van der Waals surface area (Å²) in [5, 5.41) is 10.8. The minimum Gasteiger partial charge on any atom is -0.461 e. The first-order chi connectivity index (χ1) is 9.20. The van der Waals surface area contributed by atoms with E-state index in [1.54, 1.807) is 19.3 Å². The minimum atomic E-state index is -0.513. The Morgan fingerprint density at radius 2 is 2.37 bits per heavy atom. The van der Waals surface area contributed by atoms with Crippen LogP contribution in [-0.2, 0) is 11.3 Å². The number of hydrogen-bond acceptors (Lipinski definition) is 6. The molecule has 7 nitrogen and oxygen atoms in total. The number of nitrogens with one attached hydrogen (secondary N) is 2. The van der Waals surface area contributed by atoms with Crippen molar-refractivity contribution in [2.24, 2.45) is 0 Å². The molecule has 2 aromatic heterocycles. The van der Waals surface area contributed by atoms with Gasteiger partial charge in [0.05, 0.1) is 12.8 Å². The summed E-state index contributed by atoms with van der Waals surface area (Å²) in [5.74, 6) is -0.852. The van der Waals surface area contributed by atoms with Crippen LogP contribution in [0.5, 0.6) is 0 Å². The van der Waals surface area contributed by atoms with Gasteiger partial charge in [-0.2, -0.15) is 5.10 Å². The van der Waals surface area contributed by atoms with Crippen LogP contribution in [0.2, 0.25) is 0 Å². The monoisotopic (exact) mass is 280 g/mol. The van der Waals surface area contributed by atoms with E-state index < -0.39 is 5.97 Å². The zero-order valence-electron chi connectivity index (χ0n) is 10.2. The van der Waals surface area contributed by atoms with Crippen molar-refractivity contribution < 1.29 is 14.3 Å². The molecule has 2 rings (SSSR count). The van der Waals surface area contributed by atoms with Gasteiger partial charge in [0.1, 0.15) is 5.69 Å². The average molecular weight is 280 g/mol. The highest BCUT2D eigenvalue weighted by atomic mass is 32.1. The highest BCUT2D eigenvalue weighted by Gasteiger charge is 2.16. The standard InChI is InChI=1S/C11H12N4O3S/c1-2-18-11(17)10-15-8(6-19-10)9(16)12-3-7-4-13-14-5-7/h4-6H,2-3H2,1H3,(H,12,16)(H,13,14). The van der Waals surface area contributed by atoms with Gasteiger partial charge in [-0.25, -0.2) is 9.78 Å². The molecule has 0 saturated heterocycles. The van der Waals surface area contributed by atoms with Gasteiger partial charge in [0, 0.05) is 23.7 Å². The molecule has 19 heavy (non-hydrogen) atoms. The van der Waals surface area contributed by atoms with Gasteiger partial charge in [-0.1, -0.05) is 0 Å². The first-order valence-electron chi connectivity index (χ1n) is 5.59. The molecule has 0 aliphatic heterocycles. The van der Waals surface area contributed by atoms with E-state index in [0.29, 0.717) is 6.54 Å². The van der Waals surface area contributed by atoms with Gasteiger partial charge in [-0.05, 0) is 6.92 Å². The molecule has 2 heterocycles. The zero-order valence-corrected chi connectivity index (χ0v) is 11.0. The van der Waals surface area contributed by atoms with Crippen LogP contribution < -0.4 is 5.32 Å². The van der Waals surface area contributed by atoms with Crippen molar-refractivity contribution in [3.8, 4) is 0 Å². The fourth-order valence-electron chi connectivity index (χ4n) is 1.31. The van der Waals surface area contributed by atoms with Crippen molar-refractivity contribution >= 4 is 23.2 Å². The lowest BCUT2D eigenvalue weighted by Crippen LogP contribution is -2.23. The van der Waals surface area contributed by atoms with Gasteiger partial charge >= 0.3 is 5.97 Å². The van der Waals surface area contributed by atoms with E-state index in [-0.39, 0.29) is 23.2 Å². The summed E-state index contributed by atoms with van der Waals surface area (Å²) in [6.07, 6.45) is 3.30. The number of aromatic amines is 1. The van der Waals surface area contributed by atoms with Gasteiger partial charge in [-0.3, -0.25) is 9.89 Å².